The fourth-order valence-electron chi connectivity index (χ4n) is 2.30. The van der Waals surface area contributed by atoms with Crippen LogP contribution in [-0.4, -0.2) is 25.9 Å². The molecule has 0 amide bonds. The molecule has 0 aromatic heterocycles. The van der Waals surface area contributed by atoms with Gasteiger partial charge in [-0.25, -0.2) is 8.42 Å². The molecule has 0 aliphatic rings. The lowest BCUT2D eigenvalue weighted by Gasteiger charge is -2.09. The van der Waals surface area contributed by atoms with Gasteiger partial charge < -0.3 is 4.74 Å². The Morgan fingerprint density at radius 1 is 1.15 bits per heavy atom. The quantitative estimate of drug-likeness (QED) is 0.429. The van der Waals surface area contributed by atoms with E-state index in [1.807, 2.05) is 0 Å². The van der Waals surface area contributed by atoms with E-state index in [9.17, 15) is 23.3 Å². The van der Waals surface area contributed by atoms with Crippen molar-refractivity contribution in [1.29, 1.82) is 0 Å². The van der Waals surface area contributed by atoms with E-state index in [-0.39, 0.29) is 23.6 Å². The van der Waals surface area contributed by atoms with Crippen LogP contribution in [0.3, 0.4) is 0 Å². The number of benzene rings is 2. The first-order valence-corrected chi connectivity index (χ1v) is 9.43. The fraction of sp³-hybridized carbons (Fsp3) is 0.235. The molecular formula is C17H18N2O6S. The molecule has 0 spiro atoms. The van der Waals surface area contributed by atoms with Crippen molar-refractivity contribution in [2.75, 3.05) is 11.3 Å². The Morgan fingerprint density at radius 2 is 1.81 bits per heavy atom. The molecule has 26 heavy (non-hydrogen) atoms. The van der Waals surface area contributed by atoms with Crippen LogP contribution in [0.2, 0.25) is 0 Å². The first-order chi connectivity index (χ1) is 12.3. The predicted molar refractivity (Wildman–Crippen MR) is 96.1 cm³/mol. The second-order valence-electron chi connectivity index (χ2n) is 5.43. The van der Waals surface area contributed by atoms with Crippen LogP contribution in [0.15, 0.2) is 48.5 Å². The molecule has 0 fully saturated rings. The van der Waals surface area contributed by atoms with E-state index in [0.717, 1.165) is 0 Å². The molecule has 0 aliphatic carbocycles. The maximum Gasteiger partial charge on any atom is 0.310 e. The van der Waals surface area contributed by atoms with Crippen LogP contribution in [0.1, 0.15) is 18.1 Å². The van der Waals surface area contributed by atoms with E-state index in [1.165, 1.54) is 30.3 Å². The summed E-state index contributed by atoms with van der Waals surface area (Å²) in [6.45, 7) is 2.01. The summed E-state index contributed by atoms with van der Waals surface area (Å²) < 4.78 is 31.8. The lowest BCUT2D eigenvalue weighted by molar-refractivity contribution is -0.385. The van der Waals surface area contributed by atoms with Gasteiger partial charge in [0.25, 0.3) is 5.69 Å². The van der Waals surface area contributed by atoms with Crippen LogP contribution in [0.5, 0.6) is 0 Å². The first-order valence-electron chi connectivity index (χ1n) is 7.78. The maximum atomic E-state index is 12.3. The minimum Gasteiger partial charge on any atom is -0.466 e. The number of anilines is 1. The molecule has 0 saturated carbocycles. The van der Waals surface area contributed by atoms with Crippen LogP contribution in [-0.2, 0) is 31.7 Å². The number of nitro benzene ring substituents is 1. The summed E-state index contributed by atoms with van der Waals surface area (Å²) >= 11 is 0. The van der Waals surface area contributed by atoms with Gasteiger partial charge >= 0.3 is 5.97 Å². The van der Waals surface area contributed by atoms with Gasteiger partial charge in [-0.2, -0.15) is 0 Å². The smallest absolute Gasteiger partial charge is 0.310 e. The second-order valence-corrected chi connectivity index (χ2v) is 7.15. The molecule has 2 aromatic rings. The standard InChI is InChI=1S/C17H18N2O6S/c1-2-25-17(20)11-13-7-9-15(10-8-13)18-26(23,24)12-14-5-3-4-6-16(14)19(21)22/h3-10,18H,2,11-12H2,1H3. The highest BCUT2D eigenvalue weighted by Gasteiger charge is 2.19. The van der Waals surface area contributed by atoms with Crippen LogP contribution in [0.25, 0.3) is 0 Å². The Labute approximate surface area is 151 Å². The molecule has 0 radical (unpaired) electrons. The van der Waals surface area contributed by atoms with Gasteiger partial charge in [0.05, 0.1) is 18.0 Å². The predicted octanol–water partition coefficient (Wildman–Crippen LogP) is 2.64. The third kappa shape index (κ3) is 5.55. The Balaban J connectivity index is 2.08. The second kappa shape index (κ2) is 8.43. The van der Waals surface area contributed by atoms with Crippen molar-refractivity contribution in [1.82, 2.24) is 0 Å². The third-order valence-corrected chi connectivity index (χ3v) is 4.65. The van der Waals surface area contributed by atoms with Gasteiger partial charge in [-0.1, -0.05) is 30.3 Å². The van der Waals surface area contributed by atoms with Crippen molar-refractivity contribution in [2.45, 2.75) is 19.1 Å². The highest BCUT2D eigenvalue weighted by molar-refractivity contribution is 7.91. The number of hydrogen-bond donors (Lipinski definition) is 1. The third-order valence-electron chi connectivity index (χ3n) is 3.41. The summed E-state index contributed by atoms with van der Waals surface area (Å²) in [6, 6.07) is 11.9. The summed E-state index contributed by atoms with van der Waals surface area (Å²) in [5, 5.41) is 11.0. The van der Waals surface area contributed by atoms with Crippen molar-refractivity contribution in [3.63, 3.8) is 0 Å². The maximum absolute atomic E-state index is 12.3. The number of rotatable bonds is 8. The number of esters is 1. The highest BCUT2D eigenvalue weighted by atomic mass is 32.2. The van der Waals surface area contributed by atoms with Crippen LogP contribution in [0.4, 0.5) is 11.4 Å². The normalized spacial score (nSPS) is 11.0. The molecule has 8 nitrogen and oxygen atoms in total. The Morgan fingerprint density at radius 3 is 2.42 bits per heavy atom. The van der Waals surface area contributed by atoms with Crippen molar-refractivity contribution < 1.29 is 22.9 Å². The largest absolute Gasteiger partial charge is 0.466 e. The zero-order chi connectivity index (χ0) is 19.2. The van der Waals surface area contributed by atoms with Gasteiger partial charge in [0.15, 0.2) is 0 Å². The molecule has 0 unspecified atom stereocenters. The molecular weight excluding hydrogens is 360 g/mol. The highest BCUT2D eigenvalue weighted by Crippen LogP contribution is 2.21. The van der Waals surface area contributed by atoms with Gasteiger partial charge in [-0.3, -0.25) is 19.6 Å². The lowest BCUT2D eigenvalue weighted by atomic mass is 10.1. The van der Waals surface area contributed by atoms with E-state index in [0.29, 0.717) is 17.9 Å². The van der Waals surface area contributed by atoms with E-state index in [2.05, 4.69) is 4.72 Å². The fourth-order valence-corrected chi connectivity index (χ4v) is 3.52. The first kappa shape index (κ1) is 19.4. The molecule has 0 saturated heterocycles. The monoisotopic (exact) mass is 378 g/mol. The number of nitrogens with one attached hydrogen (secondary N) is 1. The summed E-state index contributed by atoms with van der Waals surface area (Å²) in [4.78, 5) is 21.8. The molecule has 1 N–H and O–H groups in total. The number of carbonyl (C=O) groups is 1. The molecule has 138 valence electrons. The van der Waals surface area contributed by atoms with E-state index < -0.39 is 20.7 Å². The summed E-state index contributed by atoms with van der Waals surface area (Å²) in [7, 11) is -3.83. The Bertz CT molecular complexity index is 894. The minimum atomic E-state index is -3.83. The van der Waals surface area contributed by atoms with Gasteiger partial charge in [-0.05, 0) is 24.6 Å². The number of sulfonamides is 1. The lowest BCUT2D eigenvalue weighted by Crippen LogP contribution is -2.16. The molecule has 9 heteroatoms. The number of hydrogen-bond acceptors (Lipinski definition) is 6. The van der Waals surface area contributed by atoms with Gasteiger partial charge in [0.1, 0.15) is 5.75 Å². The molecule has 0 bridgehead atoms. The molecule has 0 atom stereocenters. The van der Waals surface area contributed by atoms with Crippen molar-refractivity contribution in [3.8, 4) is 0 Å². The average Bonchev–Trinajstić information content (AvgIpc) is 2.56. The summed E-state index contributed by atoms with van der Waals surface area (Å²) in [6.07, 6.45) is 0.0943. The number of nitrogens with zero attached hydrogens (tertiary/aromatic N) is 1. The number of nitro groups is 1. The average molecular weight is 378 g/mol. The number of ether oxygens (including phenoxy) is 1. The molecule has 0 heterocycles. The van der Waals surface area contributed by atoms with Crippen molar-refractivity contribution in [3.05, 3.63) is 69.8 Å². The van der Waals surface area contributed by atoms with Gasteiger partial charge in [0.2, 0.25) is 10.0 Å². The topological polar surface area (TPSA) is 116 Å². The van der Waals surface area contributed by atoms with Crippen LogP contribution >= 0.6 is 0 Å². The zero-order valence-electron chi connectivity index (χ0n) is 14.0. The molecule has 0 aliphatic heterocycles. The van der Waals surface area contributed by atoms with Gasteiger partial charge in [0, 0.05) is 17.3 Å². The van der Waals surface area contributed by atoms with Crippen molar-refractivity contribution in [2.24, 2.45) is 0 Å². The number of para-hydroxylation sites is 1. The Kier molecular flexibility index (Phi) is 6.29. The Hall–Kier alpha value is -2.94. The number of carbonyl (C=O) groups excluding carboxylic acids is 1. The van der Waals surface area contributed by atoms with Crippen molar-refractivity contribution >= 4 is 27.4 Å². The van der Waals surface area contributed by atoms with E-state index >= 15 is 0 Å². The zero-order valence-corrected chi connectivity index (χ0v) is 14.9. The van der Waals surface area contributed by atoms with E-state index in [4.69, 9.17) is 4.74 Å². The SMILES string of the molecule is CCOC(=O)Cc1ccc(NS(=O)(=O)Cc2ccccc2[N+](=O)[O-])cc1. The molecule has 2 rings (SSSR count). The van der Waals surface area contributed by atoms with Gasteiger partial charge in [-0.15, -0.1) is 0 Å². The summed E-state index contributed by atoms with van der Waals surface area (Å²) in [5.41, 5.74) is 0.841. The minimum absolute atomic E-state index is 0.0943. The van der Waals surface area contributed by atoms with Crippen LogP contribution in [0, 0.1) is 10.1 Å². The van der Waals surface area contributed by atoms with Crippen LogP contribution < -0.4 is 4.72 Å². The molecule has 2 aromatic carbocycles. The summed E-state index contributed by atoms with van der Waals surface area (Å²) in [5.74, 6) is -0.883. The van der Waals surface area contributed by atoms with E-state index in [1.54, 1.807) is 25.1 Å².